The lowest BCUT2D eigenvalue weighted by Crippen LogP contribution is -2.48. The van der Waals surface area contributed by atoms with Gasteiger partial charge in [0.2, 0.25) is 5.91 Å². The molecule has 7 nitrogen and oxygen atoms in total. The van der Waals surface area contributed by atoms with Crippen LogP contribution in [0.25, 0.3) is 0 Å². The predicted molar refractivity (Wildman–Crippen MR) is 97.2 cm³/mol. The van der Waals surface area contributed by atoms with Gasteiger partial charge in [-0.25, -0.2) is 9.78 Å². The Morgan fingerprint density at radius 2 is 1.92 bits per heavy atom. The highest BCUT2D eigenvalue weighted by Gasteiger charge is 2.20. The number of aromatic nitrogens is 1. The number of thiazole rings is 1. The van der Waals surface area contributed by atoms with Gasteiger partial charge in [-0.3, -0.25) is 9.69 Å². The summed E-state index contributed by atoms with van der Waals surface area (Å²) in [6, 6.07) is 6.66. The number of nitrogens with one attached hydrogen (secondary N) is 1. The molecule has 1 amide bonds. The molecule has 1 saturated heterocycles. The zero-order chi connectivity index (χ0) is 17.6. The maximum Gasteiger partial charge on any atom is 0.337 e. The molecule has 0 spiro atoms. The number of hydrogen-bond acceptors (Lipinski definition) is 7. The fourth-order valence-electron chi connectivity index (χ4n) is 2.68. The summed E-state index contributed by atoms with van der Waals surface area (Å²) in [6.45, 7) is 3.75. The molecule has 0 atom stereocenters. The third kappa shape index (κ3) is 4.55. The topological polar surface area (TPSA) is 74.8 Å². The van der Waals surface area contributed by atoms with Gasteiger partial charge < -0.3 is 15.0 Å². The second kappa shape index (κ2) is 8.09. The van der Waals surface area contributed by atoms with E-state index in [1.807, 2.05) is 11.6 Å². The smallest absolute Gasteiger partial charge is 0.337 e. The highest BCUT2D eigenvalue weighted by molar-refractivity contribution is 7.13. The molecule has 2 aromatic rings. The van der Waals surface area contributed by atoms with Crippen LogP contribution in [0.15, 0.2) is 35.8 Å². The van der Waals surface area contributed by atoms with Gasteiger partial charge in [0.05, 0.1) is 19.2 Å². The fourth-order valence-corrected chi connectivity index (χ4v) is 3.38. The van der Waals surface area contributed by atoms with E-state index < -0.39 is 5.97 Å². The normalized spacial score (nSPS) is 15.0. The lowest BCUT2D eigenvalue weighted by Gasteiger charge is -2.34. The van der Waals surface area contributed by atoms with E-state index >= 15 is 0 Å². The zero-order valence-electron chi connectivity index (χ0n) is 14.0. The molecule has 25 heavy (non-hydrogen) atoms. The summed E-state index contributed by atoms with van der Waals surface area (Å²) in [7, 11) is 1.34. The number of methoxy groups -OCH3 is 1. The Kier molecular flexibility index (Phi) is 5.62. The third-order valence-electron chi connectivity index (χ3n) is 4.02. The molecular formula is C17H20N4O3S. The van der Waals surface area contributed by atoms with Crippen LogP contribution < -0.4 is 10.2 Å². The summed E-state index contributed by atoms with van der Waals surface area (Å²) >= 11 is 1.64. The average molecular weight is 360 g/mol. The number of anilines is 2. The van der Waals surface area contributed by atoms with E-state index in [4.69, 9.17) is 0 Å². The Morgan fingerprint density at radius 1 is 1.20 bits per heavy atom. The van der Waals surface area contributed by atoms with Gasteiger partial charge in [-0.1, -0.05) is 0 Å². The second-order valence-corrected chi connectivity index (χ2v) is 6.57. The van der Waals surface area contributed by atoms with Crippen LogP contribution >= 0.6 is 11.3 Å². The molecule has 1 aliphatic heterocycles. The summed E-state index contributed by atoms with van der Waals surface area (Å²) in [4.78, 5) is 32.3. The highest BCUT2D eigenvalue weighted by atomic mass is 32.1. The molecule has 8 heteroatoms. The quantitative estimate of drug-likeness (QED) is 0.818. The van der Waals surface area contributed by atoms with E-state index in [9.17, 15) is 9.59 Å². The van der Waals surface area contributed by atoms with Gasteiger partial charge in [-0.15, -0.1) is 11.3 Å². The van der Waals surface area contributed by atoms with Crippen molar-refractivity contribution in [2.75, 3.05) is 50.1 Å². The number of piperazine rings is 1. The molecule has 3 rings (SSSR count). The minimum absolute atomic E-state index is 0.0616. The van der Waals surface area contributed by atoms with Crippen LogP contribution in [0.2, 0.25) is 0 Å². The van der Waals surface area contributed by atoms with Gasteiger partial charge in [-0.2, -0.15) is 0 Å². The van der Waals surface area contributed by atoms with Crippen LogP contribution in [0.1, 0.15) is 10.4 Å². The van der Waals surface area contributed by atoms with E-state index in [0.29, 0.717) is 17.8 Å². The first-order valence-electron chi connectivity index (χ1n) is 8.01. The number of benzene rings is 1. The number of carbonyl (C=O) groups excluding carboxylic acids is 2. The molecule has 132 valence electrons. The summed E-state index contributed by atoms with van der Waals surface area (Å²) < 4.78 is 4.65. The first-order valence-corrected chi connectivity index (χ1v) is 8.88. The van der Waals surface area contributed by atoms with Crippen molar-refractivity contribution in [3.05, 3.63) is 41.4 Å². The Morgan fingerprint density at radius 3 is 2.52 bits per heavy atom. The number of rotatable bonds is 5. The highest BCUT2D eigenvalue weighted by Crippen LogP contribution is 2.18. The van der Waals surface area contributed by atoms with E-state index in [2.05, 4.69) is 24.8 Å². The van der Waals surface area contributed by atoms with Crippen molar-refractivity contribution >= 4 is 34.0 Å². The molecule has 0 saturated carbocycles. The molecule has 1 aliphatic rings. The molecule has 0 aliphatic carbocycles. The maximum absolute atomic E-state index is 12.2. The van der Waals surface area contributed by atoms with Crippen LogP contribution in [0, 0.1) is 0 Å². The Hall–Kier alpha value is -2.45. The number of ether oxygens (including phenoxy) is 1. The summed E-state index contributed by atoms with van der Waals surface area (Å²) in [5, 5.41) is 5.87. The van der Waals surface area contributed by atoms with E-state index in [0.717, 1.165) is 31.3 Å². The van der Waals surface area contributed by atoms with Crippen LogP contribution in [-0.2, 0) is 9.53 Å². The molecule has 0 unspecified atom stereocenters. The standard InChI is InChI=1S/C17H20N4O3S/c1-24-16(23)13-2-4-14(5-3-13)19-15(22)12-20-7-9-21(10-8-20)17-18-6-11-25-17/h2-6,11H,7-10,12H2,1H3,(H,19,22). The van der Waals surface area contributed by atoms with Crippen molar-refractivity contribution in [3.63, 3.8) is 0 Å². The largest absolute Gasteiger partial charge is 0.465 e. The van der Waals surface area contributed by atoms with Gasteiger partial charge in [0.1, 0.15) is 0 Å². The van der Waals surface area contributed by atoms with E-state index in [1.165, 1.54) is 7.11 Å². The maximum atomic E-state index is 12.2. The second-order valence-electron chi connectivity index (χ2n) is 5.69. The summed E-state index contributed by atoms with van der Waals surface area (Å²) in [6.07, 6.45) is 1.81. The van der Waals surface area contributed by atoms with Crippen LogP contribution in [-0.4, -0.2) is 61.6 Å². The molecule has 0 radical (unpaired) electrons. The molecular weight excluding hydrogens is 340 g/mol. The summed E-state index contributed by atoms with van der Waals surface area (Å²) in [5.41, 5.74) is 1.12. The Labute approximate surface area is 150 Å². The minimum atomic E-state index is -0.393. The first-order chi connectivity index (χ1) is 12.2. The molecule has 2 heterocycles. The Balaban J connectivity index is 1.46. The van der Waals surface area contributed by atoms with Gasteiger partial charge in [0.25, 0.3) is 0 Å². The lowest BCUT2D eigenvalue weighted by atomic mass is 10.2. The van der Waals surface area contributed by atoms with Crippen molar-refractivity contribution in [2.45, 2.75) is 0 Å². The molecule has 1 N–H and O–H groups in total. The zero-order valence-corrected chi connectivity index (χ0v) is 14.8. The number of nitrogens with zero attached hydrogens (tertiary/aromatic N) is 3. The van der Waals surface area contributed by atoms with Crippen molar-refractivity contribution in [1.29, 1.82) is 0 Å². The van der Waals surface area contributed by atoms with E-state index in [1.54, 1.807) is 35.6 Å². The van der Waals surface area contributed by atoms with Crippen LogP contribution in [0.5, 0.6) is 0 Å². The SMILES string of the molecule is COC(=O)c1ccc(NC(=O)CN2CCN(c3nccs3)CC2)cc1. The van der Waals surface area contributed by atoms with Crippen molar-refractivity contribution in [3.8, 4) is 0 Å². The fraction of sp³-hybridized carbons (Fsp3) is 0.353. The third-order valence-corrected chi connectivity index (χ3v) is 4.85. The number of carbonyl (C=O) groups is 2. The van der Waals surface area contributed by atoms with Gasteiger partial charge in [0.15, 0.2) is 5.13 Å². The summed E-state index contributed by atoms with van der Waals surface area (Å²) in [5.74, 6) is -0.454. The van der Waals surface area contributed by atoms with E-state index in [-0.39, 0.29) is 5.91 Å². The average Bonchev–Trinajstić information content (AvgIpc) is 3.17. The molecule has 1 aromatic carbocycles. The van der Waals surface area contributed by atoms with Crippen molar-refractivity contribution < 1.29 is 14.3 Å². The van der Waals surface area contributed by atoms with Crippen LogP contribution in [0.3, 0.4) is 0 Å². The minimum Gasteiger partial charge on any atom is -0.465 e. The number of hydrogen-bond donors (Lipinski definition) is 1. The monoisotopic (exact) mass is 360 g/mol. The van der Waals surface area contributed by atoms with Crippen LogP contribution in [0.4, 0.5) is 10.8 Å². The molecule has 1 aromatic heterocycles. The van der Waals surface area contributed by atoms with Gasteiger partial charge in [0, 0.05) is 43.4 Å². The lowest BCUT2D eigenvalue weighted by molar-refractivity contribution is -0.117. The van der Waals surface area contributed by atoms with Gasteiger partial charge in [-0.05, 0) is 24.3 Å². The Bertz CT molecular complexity index is 710. The molecule has 1 fully saturated rings. The van der Waals surface area contributed by atoms with Crippen molar-refractivity contribution in [1.82, 2.24) is 9.88 Å². The number of esters is 1. The predicted octanol–water partition coefficient (Wildman–Crippen LogP) is 1.69. The number of amides is 1. The molecule has 0 bridgehead atoms. The first kappa shape index (κ1) is 17.4. The van der Waals surface area contributed by atoms with Gasteiger partial charge >= 0.3 is 5.97 Å². The van der Waals surface area contributed by atoms with Crippen molar-refractivity contribution in [2.24, 2.45) is 0 Å².